The van der Waals surface area contributed by atoms with Gasteiger partial charge in [0.15, 0.2) is 0 Å². The van der Waals surface area contributed by atoms with E-state index < -0.39 is 29.2 Å². The molecule has 1 unspecified atom stereocenters. The number of H-pyrrole nitrogens is 2. The van der Waals surface area contributed by atoms with Gasteiger partial charge in [-0.25, -0.2) is 4.79 Å². The van der Waals surface area contributed by atoms with E-state index in [9.17, 15) is 19.2 Å². The molecule has 3 rings (SSSR count). The average Bonchev–Trinajstić information content (AvgIpc) is 2.90. The number of hydrogen-bond acceptors (Lipinski definition) is 9. The van der Waals surface area contributed by atoms with Crippen LogP contribution in [-0.2, 0) is 38.8 Å². The van der Waals surface area contributed by atoms with Crippen molar-refractivity contribution in [2.45, 2.75) is 24.3 Å². The molecule has 0 bridgehead atoms. The van der Waals surface area contributed by atoms with Crippen LogP contribution in [0, 0.1) is 0 Å². The first-order chi connectivity index (χ1) is 18.4. The van der Waals surface area contributed by atoms with Gasteiger partial charge >= 0.3 is 22.8 Å². The summed E-state index contributed by atoms with van der Waals surface area (Å²) in [7, 11) is 0. The molecule has 1 radical (unpaired) electrons. The summed E-state index contributed by atoms with van der Waals surface area (Å²) < 4.78 is 0. The fourth-order valence-corrected chi connectivity index (χ4v) is 4.91. The van der Waals surface area contributed by atoms with E-state index in [2.05, 4.69) is 31.2 Å². The molecule has 1 aliphatic rings. The Morgan fingerprint density at radius 3 is 2.21 bits per heavy atom. The summed E-state index contributed by atoms with van der Waals surface area (Å²) in [6.07, 6.45) is 1.70. The van der Waals surface area contributed by atoms with Gasteiger partial charge in [-0.3, -0.25) is 19.4 Å². The van der Waals surface area contributed by atoms with E-state index in [1.54, 1.807) is 4.90 Å². The second-order valence-corrected chi connectivity index (χ2v) is 10.1. The van der Waals surface area contributed by atoms with Crippen molar-refractivity contribution in [1.82, 2.24) is 36.1 Å². The number of nitrogens with one attached hydrogen (secondary N) is 6. The molecular formula is C25H38CuN8O4S+2. The third-order valence-corrected chi connectivity index (χ3v) is 7.18. The molecule has 0 aliphatic carbocycles. The summed E-state index contributed by atoms with van der Waals surface area (Å²) in [6, 6.07) is 7.91. The summed E-state index contributed by atoms with van der Waals surface area (Å²) in [5.41, 5.74) is 6.42. The molecule has 1 aromatic carbocycles. The molecule has 2 aromatic rings. The van der Waals surface area contributed by atoms with Crippen molar-refractivity contribution < 1.29 is 26.7 Å². The van der Waals surface area contributed by atoms with E-state index in [0.717, 1.165) is 31.7 Å². The van der Waals surface area contributed by atoms with Crippen molar-refractivity contribution in [1.29, 1.82) is 0 Å². The van der Waals surface area contributed by atoms with Crippen LogP contribution in [-0.4, -0.2) is 96.9 Å². The number of amides is 2. The molecule has 1 saturated heterocycles. The Labute approximate surface area is 242 Å². The monoisotopic (exact) mass is 609 g/mol. The van der Waals surface area contributed by atoms with Crippen molar-refractivity contribution >= 4 is 23.6 Å². The average molecular weight is 610 g/mol. The van der Waals surface area contributed by atoms with Gasteiger partial charge in [-0.2, -0.15) is 11.8 Å². The van der Waals surface area contributed by atoms with Crippen LogP contribution in [0.15, 0.2) is 46.1 Å². The van der Waals surface area contributed by atoms with E-state index >= 15 is 0 Å². The van der Waals surface area contributed by atoms with Crippen LogP contribution >= 0.6 is 11.8 Å². The fourth-order valence-electron chi connectivity index (χ4n) is 3.95. The summed E-state index contributed by atoms with van der Waals surface area (Å²) in [6.45, 7) is 5.68. The first-order valence-corrected chi connectivity index (χ1v) is 14.0. The molecule has 8 N–H and O–H groups in total. The quantitative estimate of drug-likeness (QED) is 0.158. The van der Waals surface area contributed by atoms with Crippen LogP contribution < -0.4 is 38.2 Å². The van der Waals surface area contributed by atoms with Crippen molar-refractivity contribution in [2.24, 2.45) is 5.73 Å². The molecular weight excluding hydrogens is 572 g/mol. The van der Waals surface area contributed by atoms with Crippen LogP contribution in [0.3, 0.4) is 0 Å². The second kappa shape index (κ2) is 18.0. The first-order valence-electron chi connectivity index (χ1n) is 12.8. The van der Waals surface area contributed by atoms with E-state index in [-0.39, 0.29) is 34.5 Å². The molecule has 1 aromatic heterocycles. The summed E-state index contributed by atoms with van der Waals surface area (Å²) in [5.74, 6) is -0.0650. The molecule has 217 valence electrons. The number of benzene rings is 1. The molecule has 12 nitrogen and oxygen atoms in total. The van der Waals surface area contributed by atoms with Crippen molar-refractivity contribution in [3.63, 3.8) is 0 Å². The van der Waals surface area contributed by atoms with Crippen LogP contribution in [0.25, 0.3) is 0 Å². The molecule has 39 heavy (non-hydrogen) atoms. The maximum absolute atomic E-state index is 13.7. The Bertz CT molecular complexity index is 1120. The SMILES string of the molecule is N[C@@H](CSCc1c[nH]c(=O)[nH]c1=O)C(=O)NC(Cc1ccccc1)C(=O)N1CCNCCNCCNCC1.[Cu+2]. The van der Waals surface area contributed by atoms with Gasteiger partial charge in [0.1, 0.15) is 6.04 Å². The smallest absolute Gasteiger partial charge is 0.343 e. The zero-order valence-electron chi connectivity index (χ0n) is 21.8. The Hall–Kier alpha value is -2.45. The standard InChI is InChI=1S/C25H38N8O4S.Cu/c26-20(17-38-16-19-15-30-25(37)32-22(19)34)23(35)31-21(14-18-4-2-1-3-5-18)24(36)33-12-10-28-8-6-27-7-9-29-11-13-33;/h1-5,15,20-21,27-29H,6-14,16-17,26H2,(H,31,35)(H2,30,32,34,37);/q;+2/t20-,21?;/m0./s1. The van der Waals surface area contributed by atoms with Gasteiger partial charge in [0.05, 0.1) is 6.04 Å². The Morgan fingerprint density at radius 1 is 0.974 bits per heavy atom. The van der Waals surface area contributed by atoms with E-state index in [0.29, 0.717) is 38.2 Å². The van der Waals surface area contributed by atoms with Gasteiger partial charge in [0, 0.05) is 82.0 Å². The van der Waals surface area contributed by atoms with Crippen LogP contribution in [0.5, 0.6) is 0 Å². The number of thioether (sulfide) groups is 1. The first kappa shape index (κ1) is 32.8. The molecule has 2 amide bonds. The Morgan fingerprint density at radius 2 is 1.59 bits per heavy atom. The Kier molecular flexibility index (Phi) is 15.1. The molecule has 14 heteroatoms. The normalized spacial score (nSPS) is 16.6. The van der Waals surface area contributed by atoms with Crippen molar-refractivity contribution in [2.75, 3.05) is 58.1 Å². The fraction of sp³-hybridized carbons (Fsp3) is 0.520. The van der Waals surface area contributed by atoms with Gasteiger partial charge in [0.25, 0.3) is 5.56 Å². The summed E-state index contributed by atoms with van der Waals surface area (Å²) in [5, 5.41) is 12.9. The number of aromatic amines is 2. The largest absolute Gasteiger partial charge is 2.00 e. The zero-order chi connectivity index (χ0) is 27.2. The number of rotatable bonds is 9. The van der Waals surface area contributed by atoms with Crippen LogP contribution in [0.1, 0.15) is 11.1 Å². The topological polar surface area (TPSA) is 177 Å². The summed E-state index contributed by atoms with van der Waals surface area (Å²) >= 11 is 1.30. The van der Waals surface area contributed by atoms with Gasteiger partial charge < -0.3 is 36.9 Å². The molecule has 1 fully saturated rings. The van der Waals surface area contributed by atoms with Gasteiger partial charge in [0.2, 0.25) is 11.8 Å². The molecule has 1 aliphatic heterocycles. The van der Waals surface area contributed by atoms with Gasteiger partial charge in [-0.15, -0.1) is 0 Å². The minimum atomic E-state index is -0.880. The maximum Gasteiger partial charge on any atom is 2.00 e. The minimum absolute atomic E-state index is 0. The summed E-state index contributed by atoms with van der Waals surface area (Å²) in [4.78, 5) is 56.1. The predicted octanol–water partition coefficient (Wildman–Crippen LogP) is -2.04. The van der Waals surface area contributed by atoms with Crippen molar-refractivity contribution in [3.05, 3.63) is 68.5 Å². The molecule has 0 spiro atoms. The molecule has 2 heterocycles. The second-order valence-electron chi connectivity index (χ2n) is 9.04. The molecule has 0 saturated carbocycles. The van der Waals surface area contributed by atoms with Gasteiger partial charge in [-0.1, -0.05) is 30.3 Å². The third-order valence-electron chi connectivity index (χ3n) is 6.07. The molecule has 2 atom stereocenters. The van der Waals surface area contributed by atoms with Crippen molar-refractivity contribution in [3.8, 4) is 0 Å². The Balaban J connectivity index is 0.00000533. The zero-order valence-corrected chi connectivity index (χ0v) is 23.5. The number of carbonyl (C=O) groups is 2. The number of nitrogens with two attached hydrogens (primary N) is 1. The third kappa shape index (κ3) is 11.7. The number of nitrogens with zero attached hydrogens (tertiary/aromatic N) is 1. The minimum Gasteiger partial charge on any atom is -0.343 e. The van der Waals surface area contributed by atoms with Crippen LogP contribution in [0.2, 0.25) is 0 Å². The number of carbonyl (C=O) groups excluding carboxylic acids is 2. The van der Waals surface area contributed by atoms with E-state index in [4.69, 9.17) is 5.73 Å². The predicted molar refractivity (Wildman–Crippen MR) is 149 cm³/mol. The number of aromatic nitrogens is 2. The van der Waals surface area contributed by atoms with Gasteiger partial charge in [-0.05, 0) is 5.56 Å². The maximum atomic E-state index is 13.7. The van der Waals surface area contributed by atoms with E-state index in [1.165, 1.54) is 18.0 Å². The van der Waals surface area contributed by atoms with Crippen LogP contribution in [0.4, 0.5) is 0 Å². The van der Waals surface area contributed by atoms with E-state index in [1.807, 2.05) is 30.3 Å². The number of hydrogen-bond donors (Lipinski definition) is 7.